The van der Waals surface area contributed by atoms with E-state index in [1.54, 1.807) is 19.1 Å². The first-order valence-corrected chi connectivity index (χ1v) is 8.05. The van der Waals surface area contributed by atoms with Gasteiger partial charge in [-0.15, -0.1) is 0 Å². The Kier molecular flexibility index (Phi) is 8.52. The summed E-state index contributed by atoms with van der Waals surface area (Å²) in [7, 11) is 0. The lowest BCUT2D eigenvalue weighted by Crippen LogP contribution is -2.34. The van der Waals surface area contributed by atoms with E-state index in [4.69, 9.17) is 5.11 Å². The van der Waals surface area contributed by atoms with Gasteiger partial charge in [0.05, 0.1) is 35.8 Å². The van der Waals surface area contributed by atoms with Gasteiger partial charge >= 0.3 is 0 Å². The van der Waals surface area contributed by atoms with Gasteiger partial charge < -0.3 is 20.8 Å². The molecule has 1 aromatic carbocycles. The number of aliphatic hydroxyl groups excluding tert-OH is 2. The van der Waals surface area contributed by atoms with Crippen molar-refractivity contribution in [2.75, 3.05) is 18.5 Å². The number of amides is 1. The molecule has 1 unspecified atom stereocenters. The minimum atomic E-state index is -1.04. The fraction of sp³-hybridized carbons (Fsp3) is 0.333. The Bertz CT molecular complexity index is 695. The summed E-state index contributed by atoms with van der Waals surface area (Å²) in [6, 6.07) is 6.19. The first-order valence-electron chi connectivity index (χ1n) is 8.05. The number of nitrogens with one attached hydrogen (secondary N) is 2. The third kappa shape index (κ3) is 6.13. The maximum absolute atomic E-state index is 13.9. The molecule has 4 N–H and O–H groups in total. The van der Waals surface area contributed by atoms with Crippen molar-refractivity contribution in [2.24, 2.45) is 0 Å². The number of pyridine rings is 1. The largest absolute Gasteiger partial charge is 0.394 e. The van der Waals surface area contributed by atoms with Crippen LogP contribution in [0.5, 0.6) is 0 Å². The quantitative estimate of drug-likeness (QED) is 0.642. The van der Waals surface area contributed by atoms with Gasteiger partial charge in [0.25, 0.3) is 5.91 Å². The average molecular weight is 349 g/mol. The van der Waals surface area contributed by atoms with Gasteiger partial charge in [-0.3, -0.25) is 9.78 Å². The van der Waals surface area contributed by atoms with Crippen molar-refractivity contribution in [1.29, 1.82) is 0 Å². The van der Waals surface area contributed by atoms with Crippen molar-refractivity contribution in [3.8, 4) is 0 Å². The number of carbonyl (C=O) groups excluding carboxylic acids is 1. The number of aliphatic hydroxyl groups is 2. The lowest BCUT2D eigenvalue weighted by molar-refractivity contribution is 0.0802. The van der Waals surface area contributed by atoms with Crippen LogP contribution in [0.3, 0.4) is 0 Å². The molecule has 1 atom stereocenters. The molecule has 0 saturated carbocycles. The minimum absolute atomic E-state index is 0.0873. The molecule has 0 aliphatic rings. The summed E-state index contributed by atoms with van der Waals surface area (Å²) in [6.07, 6.45) is 1.82. The lowest BCUT2D eigenvalue weighted by Gasteiger charge is -2.13. The zero-order chi connectivity index (χ0) is 18.8. The highest BCUT2D eigenvalue weighted by Crippen LogP contribution is 2.23. The van der Waals surface area contributed by atoms with Crippen molar-refractivity contribution in [3.63, 3.8) is 0 Å². The van der Waals surface area contributed by atoms with Crippen LogP contribution in [0.2, 0.25) is 0 Å². The van der Waals surface area contributed by atoms with E-state index in [2.05, 4.69) is 15.6 Å². The molecule has 25 heavy (non-hydrogen) atoms. The van der Waals surface area contributed by atoms with E-state index in [0.717, 1.165) is 5.56 Å². The molecule has 1 heterocycles. The second-order valence-corrected chi connectivity index (χ2v) is 5.08. The SMILES string of the molecule is CC.Cc1ccc(Nc2cnccc2C(=O)NCC(O)CO)c(F)c1. The number of nitrogens with zero attached hydrogens (tertiary/aromatic N) is 1. The van der Waals surface area contributed by atoms with Crippen LogP contribution in [0, 0.1) is 12.7 Å². The van der Waals surface area contributed by atoms with Crippen molar-refractivity contribution >= 4 is 17.3 Å². The molecule has 1 aromatic heterocycles. The number of aromatic nitrogens is 1. The third-order valence-corrected chi connectivity index (χ3v) is 3.17. The number of rotatable bonds is 6. The Balaban J connectivity index is 0.00000151. The molecule has 0 aliphatic carbocycles. The molecule has 2 rings (SSSR count). The standard InChI is InChI=1S/C16H18FN3O3.C2H6/c1-10-2-3-14(13(17)6-10)20-15-8-18-5-4-12(15)16(23)19-7-11(22)9-21;1-2/h2-6,8,11,20-22H,7,9H2,1H3,(H,19,23);1-2H3. The van der Waals surface area contributed by atoms with Crippen LogP contribution in [-0.4, -0.2) is 40.4 Å². The Labute approximate surface area is 146 Å². The molecule has 6 nitrogen and oxygen atoms in total. The monoisotopic (exact) mass is 349 g/mol. The predicted octanol–water partition coefficient (Wildman–Crippen LogP) is 2.38. The van der Waals surface area contributed by atoms with Crippen LogP contribution >= 0.6 is 0 Å². The zero-order valence-corrected chi connectivity index (χ0v) is 14.6. The third-order valence-electron chi connectivity index (χ3n) is 3.17. The summed E-state index contributed by atoms with van der Waals surface area (Å²) >= 11 is 0. The molecule has 2 aromatic rings. The van der Waals surface area contributed by atoms with Crippen LogP contribution < -0.4 is 10.6 Å². The predicted molar refractivity (Wildman–Crippen MR) is 95.4 cm³/mol. The maximum Gasteiger partial charge on any atom is 0.253 e. The van der Waals surface area contributed by atoms with E-state index in [-0.39, 0.29) is 17.8 Å². The number of aryl methyl sites for hydroxylation is 1. The van der Waals surface area contributed by atoms with Crippen LogP contribution in [0.15, 0.2) is 36.7 Å². The fourth-order valence-electron chi connectivity index (χ4n) is 1.93. The molecule has 1 amide bonds. The van der Waals surface area contributed by atoms with Gasteiger partial charge in [-0.25, -0.2) is 4.39 Å². The van der Waals surface area contributed by atoms with Crippen molar-refractivity contribution in [2.45, 2.75) is 26.9 Å². The molecular weight excluding hydrogens is 325 g/mol. The van der Waals surface area contributed by atoms with E-state index in [0.29, 0.717) is 5.69 Å². The number of benzene rings is 1. The van der Waals surface area contributed by atoms with Crippen LogP contribution in [0.1, 0.15) is 29.8 Å². The number of anilines is 2. The zero-order valence-electron chi connectivity index (χ0n) is 14.6. The van der Waals surface area contributed by atoms with Gasteiger partial charge in [-0.1, -0.05) is 19.9 Å². The van der Waals surface area contributed by atoms with Crippen molar-refractivity contribution < 1.29 is 19.4 Å². The van der Waals surface area contributed by atoms with Gasteiger partial charge in [-0.2, -0.15) is 0 Å². The highest BCUT2D eigenvalue weighted by molar-refractivity contribution is 6.00. The molecule has 136 valence electrons. The summed E-state index contributed by atoms with van der Waals surface area (Å²) < 4.78 is 13.9. The molecule has 0 bridgehead atoms. The molecular formula is C18H24FN3O3. The van der Waals surface area contributed by atoms with Crippen LogP contribution in [0.25, 0.3) is 0 Å². The molecule has 0 aliphatic heterocycles. The van der Waals surface area contributed by atoms with E-state index < -0.39 is 24.4 Å². The molecule has 0 fully saturated rings. The normalized spacial score (nSPS) is 11.1. The van der Waals surface area contributed by atoms with E-state index in [1.165, 1.54) is 24.5 Å². The maximum atomic E-state index is 13.9. The second kappa shape index (κ2) is 10.4. The summed E-state index contributed by atoms with van der Waals surface area (Å²) in [5.74, 6) is -0.897. The first-order chi connectivity index (χ1) is 12.0. The summed E-state index contributed by atoms with van der Waals surface area (Å²) in [5, 5.41) is 23.4. The summed E-state index contributed by atoms with van der Waals surface area (Å²) in [4.78, 5) is 16.1. The van der Waals surface area contributed by atoms with E-state index >= 15 is 0 Å². The molecule has 0 spiro atoms. The smallest absolute Gasteiger partial charge is 0.253 e. The highest BCUT2D eigenvalue weighted by atomic mass is 19.1. The minimum Gasteiger partial charge on any atom is -0.394 e. The topological polar surface area (TPSA) is 94.5 Å². The Hall–Kier alpha value is -2.51. The number of carbonyl (C=O) groups is 1. The van der Waals surface area contributed by atoms with Gasteiger partial charge in [0.2, 0.25) is 0 Å². The summed E-state index contributed by atoms with van der Waals surface area (Å²) in [6.45, 7) is 5.24. The Morgan fingerprint density at radius 3 is 2.64 bits per heavy atom. The summed E-state index contributed by atoms with van der Waals surface area (Å²) in [5.41, 5.74) is 1.61. The number of halogens is 1. The van der Waals surface area contributed by atoms with Crippen LogP contribution in [-0.2, 0) is 0 Å². The number of hydrogen-bond acceptors (Lipinski definition) is 5. The molecule has 0 saturated heterocycles. The van der Waals surface area contributed by atoms with E-state index in [1.807, 2.05) is 13.8 Å². The van der Waals surface area contributed by atoms with E-state index in [9.17, 15) is 14.3 Å². The van der Waals surface area contributed by atoms with Crippen molar-refractivity contribution in [3.05, 3.63) is 53.6 Å². The van der Waals surface area contributed by atoms with Gasteiger partial charge in [0.1, 0.15) is 5.82 Å². The fourth-order valence-corrected chi connectivity index (χ4v) is 1.93. The van der Waals surface area contributed by atoms with Gasteiger partial charge in [0.15, 0.2) is 0 Å². The van der Waals surface area contributed by atoms with Crippen LogP contribution in [0.4, 0.5) is 15.8 Å². The molecule has 7 heteroatoms. The Morgan fingerprint density at radius 1 is 1.28 bits per heavy atom. The molecule has 0 radical (unpaired) electrons. The van der Waals surface area contributed by atoms with Gasteiger partial charge in [-0.05, 0) is 30.7 Å². The van der Waals surface area contributed by atoms with Gasteiger partial charge in [0, 0.05) is 12.7 Å². The lowest BCUT2D eigenvalue weighted by atomic mass is 10.1. The average Bonchev–Trinajstić information content (AvgIpc) is 2.63. The Morgan fingerprint density at radius 2 is 2.00 bits per heavy atom. The first kappa shape index (κ1) is 20.5. The number of hydrogen-bond donors (Lipinski definition) is 4. The highest BCUT2D eigenvalue weighted by Gasteiger charge is 2.14. The van der Waals surface area contributed by atoms with Crippen molar-refractivity contribution in [1.82, 2.24) is 10.3 Å². The second-order valence-electron chi connectivity index (χ2n) is 5.08.